The second kappa shape index (κ2) is 13.2. The summed E-state index contributed by atoms with van der Waals surface area (Å²) in [7, 11) is 0. The molecule has 0 aliphatic rings. The zero-order valence-electron chi connectivity index (χ0n) is 19.0. The number of aromatic hydroxyl groups is 1. The van der Waals surface area contributed by atoms with Crippen molar-refractivity contribution in [3.05, 3.63) is 28.6 Å². The fourth-order valence-corrected chi connectivity index (χ4v) is 3.60. The third kappa shape index (κ3) is 6.68. The molecule has 0 saturated carbocycles. The average molecular weight is 418 g/mol. The molecule has 0 radical (unpaired) electrons. The predicted molar refractivity (Wildman–Crippen MR) is 124 cm³/mol. The van der Waals surface area contributed by atoms with Crippen molar-refractivity contribution >= 4 is 10.9 Å². The van der Waals surface area contributed by atoms with Gasteiger partial charge >= 0.3 is 0 Å². The SMILES string of the molecule is CCCCCCOc1c(OCCCCCC)c2ccc(O)cc2n(CCCC)c1=O. The quantitative estimate of drug-likeness (QED) is 0.339. The number of nitrogens with zero attached hydrogens (tertiary/aromatic N) is 1. The van der Waals surface area contributed by atoms with Gasteiger partial charge in [-0.3, -0.25) is 4.79 Å². The Morgan fingerprint density at radius 2 is 1.40 bits per heavy atom. The van der Waals surface area contributed by atoms with E-state index in [9.17, 15) is 9.90 Å². The molecule has 5 nitrogen and oxygen atoms in total. The first kappa shape index (κ1) is 24.1. The lowest BCUT2D eigenvalue weighted by atomic mass is 10.1. The Labute approximate surface area is 181 Å². The normalized spacial score (nSPS) is 11.2. The molecule has 2 aromatic rings. The van der Waals surface area contributed by atoms with Crippen LogP contribution >= 0.6 is 0 Å². The number of aromatic nitrogens is 1. The molecule has 1 heterocycles. The number of hydrogen-bond donors (Lipinski definition) is 1. The summed E-state index contributed by atoms with van der Waals surface area (Å²) in [5.41, 5.74) is 0.538. The van der Waals surface area contributed by atoms with Gasteiger partial charge in [0.2, 0.25) is 5.75 Å². The van der Waals surface area contributed by atoms with Crippen molar-refractivity contribution in [1.82, 2.24) is 4.57 Å². The van der Waals surface area contributed by atoms with Crippen LogP contribution in [-0.2, 0) is 6.54 Å². The van der Waals surface area contributed by atoms with Gasteiger partial charge in [-0.15, -0.1) is 0 Å². The van der Waals surface area contributed by atoms with E-state index in [0.29, 0.717) is 36.8 Å². The minimum atomic E-state index is -0.166. The number of hydrogen-bond acceptors (Lipinski definition) is 4. The summed E-state index contributed by atoms with van der Waals surface area (Å²) in [6.45, 7) is 8.12. The van der Waals surface area contributed by atoms with Crippen LogP contribution in [0.5, 0.6) is 17.2 Å². The summed E-state index contributed by atoms with van der Waals surface area (Å²) in [4.78, 5) is 13.4. The molecule has 0 atom stereocenters. The molecular formula is C25H39NO4. The van der Waals surface area contributed by atoms with Crippen molar-refractivity contribution in [3.8, 4) is 17.2 Å². The maximum Gasteiger partial charge on any atom is 0.297 e. The number of benzene rings is 1. The molecule has 0 unspecified atom stereocenters. The molecular weight excluding hydrogens is 378 g/mol. The predicted octanol–water partition coefficient (Wildman–Crippen LogP) is 6.43. The highest BCUT2D eigenvalue weighted by atomic mass is 16.5. The molecule has 30 heavy (non-hydrogen) atoms. The van der Waals surface area contributed by atoms with Crippen LogP contribution in [0.4, 0.5) is 0 Å². The highest BCUT2D eigenvalue weighted by Crippen LogP contribution is 2.35. The molecule has 168 valence electrons. The second-order valence-corrected chi connectivity index (χ2v) is 7.99. The van der Waals surface area contributed by atoms with Crippen molar-refractivity contribution < 1.29 is 14.6 Å². The van der Waals surface area contributed by atoms with Gasteiger partial charge < -0.3 is 19.1 Å². The van der Waals surface area contributed by atoms with E-state index in [4.69, 9.17) is 9.47 Å². The third-order valence-corrected chi connectivity index (χ3v) is 5.39. The Morgan fingerprint density at radius 3 is 2.00 bits per heavy atom. The number of unbranched alkanes of at least 4 members (excludes halogenated alkanes) is 7. The van der Waals surface area contributed by atoms with E-state index in [2.05, 4.69) is 20.8 Å². The fourth-order valence-electron chi connectivity index (χ4n) is 3.60. The fraction of sp³-hybridized carbons (Fsp3) is 0.640. The summed E-state index contributed by atoms with van der Waals surface area (Å²) >= 11 is 0. The second-order valence-electron chi connectivity index (χ2n) is 7.99. The lowest BCUT2D eigenvalue weighted by Gasteiger charge is -2.19. The first-order valence-electron chi connectivity index (χ1n) is 11.8. The van der Waals surface area contributed by atoms with Gasteiger partial charge in [-0.25, -0.2) is 0 Å². The van der Waals surface area contributed by atoms with E-state index in [-0.39, 0.29) is 11.3 Å². The molecule has 1 aromatic heterocycles. The van der Waals surface area contributed by atoms with E-state index in [1.807, 2.05) is 6.07 Å². The van der Waals surface area contributed by atoms with Crippen LogP contribution in [0.1, 0.15) is 85.0 Å². The van der Waals surface area contributed by atoms with Crippen LogP contribution in [0, 0.1) is 0 Å². The van der Waals surface area contributed by atoms with Crippen molar-refractivity contribution in [2.75, 3.05) is 13.2 Å². The topological polar surface area (TPSA) is 60.7 Å². The van der Waals surface area contributed by atoms with Crippen molar-refractivity contribution in [1.29, 1.82) is 0 Å². The molecule has 0 aliphatic heterocycles. The van der Waals surface area contributed by atoms with E-state index < -0.39 is 0 Å². The Morgan fingerprint density at radius 1 is 0.800 bits per heavy atom. The summed E-state index contributed by atoms with van der Waals surface area (Å²) in [5.74, 6) is 0.986. The number of fused-ring (bicyclic) bond motifs is 1. The Balaban J connectivity index is 2.40. The molecule has 1 aromatic carbocycles. The summed E-state index contributed by atoms with van der Waals surface area (Å²) in [6.07, 6.45) is 10.6. The van der Waals surface area contributed by atoms with Crippen LogP contribution in [0.2, 0.25) is 0 Å². The number of pyridine rings is 1. The third-order valence-electron chi connectivity index (χ3n) is 5.39. The standard InChI is InChI=1S/C25H39NO4/c1-4-7-10-12-17-29-23-21-15-14-20(27)19-22(21)26(16-9-6-3)25(28)24(23)30-18-13-11-8-5-2/h14-15,19,27H,4-13,16-18H2,1-3H3. The van der Waals surface area contributed by atoms with Crippen molar-refractivity contribution in [2.24, 2.45) is 0 Å². The molecule has 0 saturated heterocycles. The van der Waals surface area contributed by atoms with Gasteiger partial charge in [0.25, 0.3) is 5.56 Å². The van der Waals surface area contributed by atoms with Crippen LogP contribution in [-0.4, -0.2) is 22.9 Å². The monoisotopic (exact) mass is 417 g/mol. The van der Waals surface area contributed by atoms with Gasteiger partial charge in [0.15, 0.2) is 5.75 Å². The number of aryl methyl sites for hydroxylation is 1. The molecule has 0 bridgehead atoms. The summed E-state index contributed by atoms with van der Waals surface area (Å²) in [6, 6.07) is 5.13. The largest absolute Gasteiger partial charge is 0.508 e. The molecule has 2 rings (SSSR count). The molecule has 0 spiro atoms. The molecule has 5 heteroatoms. The number of ether oxygens (including phenoxy) is 2. The highest BCUT2D eigenvalue weighted by molar-refractivity contribution is 5.89. The summed E-state index contributed by atoms with van der Waals surface area (Å²) < 4.78 is 13.9. The van der Waals surface area contributed by atoms with Crippen molar-refractivity contribution in [2.45, 2.75) is 91.5 Å². The van der Waals surface area contributed by atoms with Gasteiger partial charge in [-0.05, 0) is 31.4 Å². The molecule has 1 N–H and O–H groups in total. The van der Waals surface area contributed by atoms with Crippen LogP contribution < -0.4 is 15.0 Å². The van der Waals surface area contributed by atoms with Gasteiger partial charge in [0.05, 0.1) is 18.7 Å². The van der Waals surface area contributed by atoms with Crippen LogP contribution in [0.15, 0.2) is 23.0 Å². The lowest BCUT2D eigenvalue weighted by molar-refractivity contribution is 0.256. The zero-order valence-corrected chi connectivity index (χ0v) is 19.0. The van der Waals surface area contributed by atoms with Gasteiger partial charge in [0, 0.05) is 18.0 Å². The number of phenols is 1. The average Bonchev–Trinajstić information content (AvgIpc) is 2.74. The minimum Gasteiger partial charge on any atom is -0.508 e. The zero-order chi connectivity index (χ0) is 21.8. The molecule has 0 amide bonds. The van der Waals surface area contributed by atoms with E-state index in [1.54, 1.807) is 16.7 Å². The lowest BCUT2D eigenvalue weighted by Crippen LogP contribution is -2.24. The van der Waals surface area contributed by atoms with Gasteiger partial charge in [-0.1, -0.05) is 65.7 Å². The van der Waals surface area contributed by atoms with E-state index in [1.165, 1.54) is 19.3 Å². The first-order valence-corrected chi connectivity index (χ1v) is 11.8. The maximum atomic E-state index is 13.4. The smallest absolute Gasteiger partial charge is 0.297 e. The summed E-state index contributed by atoms with van der Waals surface area (Å²) in [5, 5.41) is 10.9. The Kier molecular flexibility index (Phi) is 10.6. The maximum absolute atomic E-state index is 13.4. The van der Waals surface area contributed by atoms with Gasteiger partial charge in [0.1, 0.15) is 5.75 Å². The van der Waals surface area contributed by atoms with Crippen LogP contribution in [0.25, 0.3) is 10.9 Å². The van der Waals surface area contributed by atoms with E-state index in [0.717, 1.165) is 50.3 Å². The molecule has 0 aliphatic carbocycles. The molecule has 0 fully saturated rings. The van der Waals surface area contributed by atoms with Gasteiger partial charge in [-0.2, -0.15) is 0 Å². The Hall–Kier alpha value is -2.17. The minimum absolute atomic E-state index is 0.147. The number of phenolic OH excluding ortho intramolecular Hbond substituents is 1. The number of rotatable bonds is 15. The van der Waals surface area contributed by atoms with E-state index >= 15 is 0 Å². The highest BCUT2D eigenvalue weighted by Gasteiger charge is 2.20. The first-order chi connectivity index (χ1) is 14.6. The van der Waals surface area contributed by atoms with Crippen LogP contribution in [0.3, 0.4) is 0 Å². The van der Waals surface area contributed by atoms with Crippen molar-refractivity contribution in [3.63, 3.8) is 0 Å². The Bertz CT molecular complexity index is 828.